The first-order valence-corrected chi connectivity index (χ1v) is 5.83. The lowest BCUT2D eigenvalue weighted by molar-refractivity contribution is 0.394. The van der Waals surface area contributed by atoms with E-state index in [-0.39, 0.29) is 0 Å². The van der Waals surface area contributed by atoms with Crippen molar-refractivity contribution in [3.63, 3.8) is 0 Å². The van der Waals surface area contributed by atoms with Crippen molar-refractivity contribution in [3.05, 3.63) is 10.7 Å². The molecule has 82 valence electrons. The van der Waals surface area contributed by atoms with E-state index in [2.05, 4.69) is 38.1 Å². The third kappa shape index (κ3) is 2.59. The molecule has 1 heterocycles. The molecule has 0 spiro atoms. The van der Waals surface area contributed by atoms with Gasteiger partial charge < -0.3 is 10.1 Å². The highest BCUT2D eigenvalue weighted by Crippen LogP contribution is 2.33. The van der Waals surface area contributed by atoms with Crippen LogP contribution in [0, 0.1) is 5.92 Å². The minimum atomic E-state index is 0.441. The maximum absolute atomic E-state index is 5.11. The Kier molecular flexibility index (Phi) is 3.09. The third-order valence-corrected chi connectivity index (χ3v) is 3.14. The summed E-state index contributed by atoms with van der Waals surface area (Å²) in [6, 6.07) is 0.441. The fourth-order valence-electron chi connectivity index (χ4n) is 1.48. The lowest BCUT2D eigenvalue weighted by atomic mass is 10.2. The molecule has 1 saturated carbocycles. The number of anilines is 1. The van der Waals surface area contributed by atoms with Crippen LogP contribution in [-0.4, -0.2) is 23.1 Å². The minimum Gasteiger partial charge on any atom is -0.480 e. The van der Waals surface area contributed by atoms with E-state index in [1.165, 1.54) is 12.8 Å². The molecule has 0 radical (unpaired) electrons. The molecule has 1 atom stereocenters. The molecule has 1 aliphatic rings. The molecule has 2 rings (SSSR count). The van der Waals surface area contributed by atoms with Gasteiger partial charge in [0.1, 0.15) is 0 Å². The fourth-order valence-corrected chi connectivity index (χ4v) is 1.83. The van der Waals surface area contributed by atoms with E-state index in [1.807, 2.05) is 0 Å². The highest BCUT2D eigenvalue weighted by Gasteiger charge is 2.28. The molecule has 1 aliphatic carbocycles. The average molecular weight is 272 g/mol. The zero-order valence-corrected chi connectivity index (χ0v) is 10.4. The number of halogens is 1. The summed E-state index contributed by atoms with van der Waals surface area (Å²) in [5.74, 6) is 1.98. The fraction of sp³-hybridized carbons (Fsp3) is 0.600. The standard InChI is InChI=1S/C10H14BrN3O/c1-6(7-3-4-7)13-10-12-5-8(11)9(14-10)15-2/h5-7H,3-4H2,1-2H3,(H,12,13,14). The summed E-state index contributed by atoms with van der Waals surface area (Å²) in [4.78, 5) is 8.44. The van der Waals surface area contributed by atoms with Crippen LogP contribution in [0.4, 0.5) is 5.95 Å². The number of nitrogens with zero attached hydrogens (tertiary/aromatic N) is 2. The Morgan fingerprint density at radius 3 is 2.93 bits per heavy atom. The Morgan fingerprint density at radius 2 is 2.33 bits per heavy atom. The molecule has 0 aromatic carbocycles. The molecule has 1 N–H and O–H groups in total. The first-order chi connectivity index (χ1) is 7.20. The van der Waals surface area contributed by atoms with E-state index in [0.717, 1.165) is 10.4 Å². The molecule has 0 aliphatic heterocycles. The topological polar surface area (TPSA) is 47.0 Å². The summed E-state index contributed by atoms with van der Waals surface area (Å²) in [6.07, 6.45) is 4.32. The van der Waals surface area contributed by atoms with Gasteiger partial charge >= 0.3 is 0 Å². The van der Waals surface area contributed by atoms with Gasteiger partial charge in [-0.3, -0.25) is 0 Å². The summed E-state index contributed by atoms with van der Waals surface area (Å²) >= 11 is 3.32. The van der Waals surface area contributed by atoms with Crippen molar-refractivity contribution < 1.29 is 4.74 Å². The highest BCUT2D eigenvalue weighted by molar-refractivity contribution is 9.10. The predicted octanol–water partition coefficient (Wildman–Crippen LogP) is 2.46. The van der Waals surface area contributed by atoms with E-state index in [0.29, 0.717) is 17.9 Å². The maximum atomic E-state index is 5.11. The van der Waals surface area contributed by atoms with Gasteiger partial charge in [-0.05, 0) is 41.6 Å². The minimum absolute atomic E-state index is 0.441. The van der Waals surface area contributed by atoms with Crippen LogP contribution in [0.1, 0.15) is 19.8 Å². The van der Waals surface area contributed by atoms with Gasteiger partial charge in [0.2, 0.25) is 11.8 Å². The number of aromatic nitrogens is 2. The Bertz CT molecular complexity index is 355. The third-order valence-electron chi connectivity index (χ3n) is 2.59. The quantitative estimate of drug-likeness (QED) is 0.914. The number of hydrogen-bond donors (Lipinski definition) is 1. The van der Waals surface area contributed by atoms with Gasteiger partial charge in [0.05, 0.1) is 17.8 Å². The normalized spacial score (nSPS) is 17.3. The van der Waals surface area contributed by atoms with Crippen LogP contribution in [0.3, 0.4) is 0 Å². The second-order valence-electron chi connectivity index (χ2n) is 3.82. The molecular weight excluding hydrogens is 258 g/mol. The predicted molar refractivity (Wildman–Crippen MR) is 62.1 cm³/mol. The van der Waals surface area contributed by atoms with Crippen molar-refractivity contribution in [3.8, 4) is 5.88 Å². The zero-order chi connectivity index (χ0) is 10.8. The van der Waals surface area contributed by atoms with Gasteiger partial charge in [0.25, 0.3) is 0 Å². The highest BCUT2D eigenvalue weighted by atomic mass is 79.9. The second-order valence-corrected chi connectivity index (χ2v) is 4.68. The first-order valence-electron chi connectivity index (χ1n) is 5.03. The Morgan fingerprint density at radius 1 is 1.60 bits per heavy atom. The van der Waals surface area contributed by atoms with Crippen LogP contribution < -0.4 is 10.1 Å². The number of methoxy groups -OCH3 is 1. The summed E-state index contributed by atoms with van der Waals surface area (Å²) in [6.45, 7) is 2.16. The van der Waals surface area contributed by atoms with E-state index in [4.69, 9.17) is 4.74 Å². The molecular formula is C10H14BrN3O. The van der Waals surface area contributed by atoms with Gasteiger partial charge in [-0.15, -0.1) is 0 Å². The van der Waals surface area contributed by atoms with Gasteiger partial charge in [0, 0.05) is 6.04 Å². The number of hydrogen-bond acceptors (Lipinski definition) is 4. The molecule has 1 aromatic rings. The molecule has 1 unspecified atom stereocenters. The molecule has 0 amide bonds. The van der Waals surface area contributed by atoms with Crippen molar-refractivity contribution in [2.45, 2.75) is 25.8 Å². The van der Waals surface area contributed by atoms with Gasteiger partial charge in [0.15, 0.2) is 0 Å². The Labute approximate surface area is 97.6 Å². The molecule has 15 heavy (non-hydrogen) atoms. The SMILES string of the molecule is COc1nc(NC(C)C2CC2)ncc1Br. The summed E-state index contributed by atoms with van der Waals surface area (Å²) in [5, 5.41) is 3.28. The van der Waals surface area contributed by atoms with E-state index < -0.39 is 0 Å². The Balaban J connectivity index is 2.07. The second kappa shape index (κ2) is 4.35. The van der Waals surface area contributed by atoms with Crippen LogP contribution >= 0.6 is 15.9 Å². The number of rotatable bonds is 4. The number of nitrogens with one attached hydrogen (secondary N) is 1. The molecule has 4 nitrogen and oxygen atoms in total. The largest absolute Gasteiger partial charge is 0.480 e. The van der Waals surface area contributed by atoms with E-state index in [1.54, 1.807) is 13.3 Å². The zero-order valence-electron chi connectivity index (χ0n) is 8.83. The van der Waals surface area contributed by atoms with E-state index >= 15 is 0 Å². The summed E-state index contributed by atoms with van der Waals surface area (Å²) < 4.78 is 5.88. The molecule has 5 heteroatoms. The van der Waals surface area contributed by atoms with Crippen molar-refractivity contribution in [2.75, 3.05) is 12.4 Å². The van der Waals surface area contributed by atoms with Crippen molar-refractivity contribution >= 4 is 21.9 Å². The van der Waals surface area contributed by atoms with Crippen molar-refractivity contribution in [1.29, 1.82) is 0 Å². The van der Waals surface area contributed by atoms with E-state index in [9.17, 15) is 0 Å². The van der Waals surface area contributed by atoms with Crippen LogP contribution in [0.15, 0.2) is 10.7 Å². The molecule has 1 fully saturated rings. The maximum Gasteiger partial charge on any atom is 0.232 e. The number of ether oxygens (including phenoxy) is 1. The van der Waals surface area contributed by atoms with Crippen LogP contribution in [0.25, 0.3) is 0 Å². The summed E-state index contributed by atoms with van der Waals surface area (Å²) in [5.41, 5.74) is 0. The monoisotopic (exact) mass is 271 g/mol. The van der Waals surface area contributed by atoms with Gasteiger partial charge in [-0.25, -0.2) is 4.98 Å². The molecule has 0 bridgehead atoms. The van der Waals surface area contributed by atoms with Crippen LogP contribution in [-0.2, 0) is 0 Å². The Hall–Kier alpha value is -0.840. The van der Waals surface area contributed by atoms with Crippen LogP contribution in [0.2, 0.25) is 0 Å². The lowest BCUT2D eigenvalue weighted by Crippen LogP contribution is -2.19. The van der Waals surface area contributed by atoms with Crippen LogP contribution in [0.5, 0.6) is 5.88 Å². The van der Waals surface area contributed by atoms with Gasteiger partial charge in [-0.1, -0.05) is 0 Å². The molecule has 1 aromatic heterocycles. The summed E-state index contributed by atoms with van der Waals surface area (Å²) in [7, 11) is 1.60. The van der Waals surface area contributed by atoms with Crippen molar-refractivity contribution in [1.82, 2.24) is 9.97 Å². The van der Waals surface area contributed by atoms with Crippen molar-refractivity contribution in [2.24, 2.45) is 5.92 Å². The lowest BCUT2D eigenvalue weighted by Gasteiger charge is -2.13. The average Bonchev–Trinajstić information content (AvgIpc) is 3.04. The first kappa shape index (κ1) is 10.7. The smallest absolute Gasteiger partial charge is 0.232 e. The molecule has 0 saturated heterocycles. The van der Waals surface area contributed by atoms with Gasteiger partial charge in [-0.2, -0.15) is 4.98 Å².